The molecule has 0 aliphatic heterocycles. The molecule has 0 fully saturated rings. The second-order valence-electron chi connectivity index (χ2n) is 3.71. The van der Waals surface area contributed by atoms with Crippen molar-refractivity contribution in [2.75, 3.05) is 14.2 Å². The topological polar surface area (TPSA) is 58.9 Å². The van der Waals surface area contributed by atoms with Crippen LogP contribution in [-0.2, 0) is 0 Å². The molecule has 4 nitrogen and oxygen atoms in total. The first-order valence-electron chi connectivity index (χ1n) is 5.41. The molecule has 2 rings (SSSR count). The van der Waals surface area contributed by atoms with E-state index in [9.17, 15) is 10.2 Å². The zero-order valence-electron chi connectivity index (χ0n) is 10.2. The van der Waals surface area contributed by atoms with Gasteiger partial charge >= 0.3 is 0 Å². The molecule has 0 saturated heterocycles. The number of benzene rings is 2. The number of rotatable bonds is 3. The molecule has 0 atom stereocenters. The number of aromatic hydroxyl groups is 2. The number of hydrogen-bond donors (Lipinski definition) is 2. The summed E-state index contributed by atoms with van der Waals surface area (Å²) < 4.78 is 10.2. The monoisotopic (exact) mass is 246 g/mol. The zero-order valence-corrected chi connectivity index (χ0v) is 10.2. The number of hydrogen-bond acceptors (Lipinski definition) is 4. The van der Waals surface area contributed by atoms with Gasteiger partial charge in [-0.1, -0.05) is 18.2 Å². The third kappa shape index (κ3) is 1.93. The highest BCUT2D eigenvalue weighted by atomic mass is 16.5. The van der Waals surface area contributed by atoms with Crippen molar-refractivity contribution in [2.24, 2.45) is 0 Å². The minimum absolute atomic E-state index is 0.0571. The van der Waals surface area contributed by atoms with Crippen LogP contribution < -0.4 is 9.47 Å². The van der Waals surface area contributed by atoms with Crippen LogP contribution in [0.4, 0.5) is 0 Å². The van der Waals surface area contributed by atoms with E-state index in [0.29, 0.717) is 16.9 Å². The van der Waals surface area contributed by atoms with Gasteiger partial charge < -0.3 is 19.7 Å². The van der Waals surface area contributed by atoms with Gasteiger partial charge in [0.1, 0.15) is 5.75 Å². The SMILES string of the molecule is COc1ccc(-c2ccccc2O)c(O)c1OC. The average molecular weight is 246 g/mol. The Kier molecular flexibility index (Phi) is 3.28. The lowest BCUT2D eigenvalue weighted by Gasteiger charge is -2.13. The normalized spacial score (nSPS) is 10.1. The maximum absolute atomic E-state index is 10.2. The van der Waals surface area contributed by atoms with E-state index in [1.165, 1.54) is 14.2 Å². The van der Waals surface area contributed by atoms with E-state index in [4.69, 9.17) is 9.47 Å². The fourth-order valence-corrected chi connectivity index (χ4v) is 1.83. The van der Waals surface area contributed by atoms with Crippen LogP contribution in [0, 0.1) is 0 Å². The van der Waals surface area contributed by atoms with E-state index in [1.807, 2.05) is 0 Å². The number of ether oxygens (including phenoxy) is 2. The molecule has 0 radical (unpaired) electrons. The standard InChI is InChI=1S/C14H14O4/c1-17-12-8-7-10(13(16)14(12)18-2)9-5-3-4-6-11(9)15/h3-8,15-16H,1-2H3. The second-order valence-corrected chi connectivity index (χ2v) is 3.71. The summed E-state index contributed by atoms with van der Waals surface area (Å²) in [6.07, 6.45) is 0. The van der Waals surface area contributed by atoms with Crippen molar-refractivity contribution in [1.82, 2.24) is 0 Å². The highest BCUT2D eigenvalue weighted by molar-refractivity contribution is 5.79. The van der Waals surface area contributed by atoms with E-state index < -0.39 is 0 Å². The molecule has 2 N–H and O–H groups in total. The van der Waals surface area contributed by atoms with Crippen LogP contribution in [0.3, 0.4) is 0 Å². The molecule has 0 saturated carbocycles. The molecule has 0 aromatic heterocycles. The molecule has 0 bridgehead atoms. The van der Waals surface area contributed by atoms with E-state index in [1.54, 1.807) is 36.4 Å². The maximum Gasteiger partial charge on any atom is 0.203 e. The zero-order chi connectivity index (χ0) is 13.1. The Morgan fingerprint density at radius 1 is 0.833 bits per heavy atom. The lowest BCUT2D eigenvalue weighted by atomic mass is 10.0. The fraction of sp³-hybridized carbons (Fsp3) is 0.143. The highest BCUT2D eigenvalue weighted by Crippen LogP contribution is 2.45. The van der Waals surface area contributed by atoms with Gasteiger partial charge in [-0.15, -0.1) is 0 Å². The van der Waals surface area contributed by atoms with Crippen LogP contribution in [0.5, 0.6) is 23.0 Å². The average Bonchev–Trinajstić information content (AvgIpc) is 2.39. The van der Waals surface area contributed by atoms with Crippen LogP contribution in [0.15, 0.2) is 36.4 Å². The summed E-state index contributed by atoms with van der Waals surface area (Å²) in [7, 11) is 2.95. The van der Waals surface area contributed by atoms with Crippen LogP contribution >= 0.6 is 0 Å². The Balaban J connectivity index is 2.63. The Morgan fingerprint density at radius 2 is 1.56 bits per heavy atom. The molecule has 0 aliphatic carbocycles. The van der Waals surface area contributed by atoms with Crippen LogP contribution in [-0.4, -0.2) is 24.4 Å². The van der Waals surface area contributed by atoms with Crippen molar-refractivity contribution >= 4 is 0 Å². The van der Waals surface area contributed by atoms with Gasteiger partial charge in [0, 0.05) is 11.1 Å². The summed E-state index contributed by atoms with van der Waals surface area (Å²) in [4.78, 5) is 0. The van der Waals surface area contributed by atoms with Gasteiger partial charge in [0.2, 0.25) is 5.75 Å². The number of para-hydroxylation sites is 1. The quantitative estimate of drug-likeness (QED) is 0.874. The third-order valence-electron chi connectivity index (χ3n) is 2.71. The molecule has 94 valence electrons. The molecular weight excluding hydrogens is 232 g/mol. The second kappa shape index (κ2) is 4.87. The lowest BCUT2D eigenvalue weighted by molar-refractivity contribution is 0.333. The molecule has 0 spiro atoms. The predicted molar refractivity (Wildman–Crippen MR) is 68.3 cm³/mol. The van der Waals surface area contributed by atoms with Crippen molar-refractivity contribution in [3.8, 4) is 34.1 Å². The van der Waals surface area contributed by atoms with Crippen molar-refractivity contribution in [2.45, 2.75) is 0 Å². The summed E-state index contributed by atoms with van der Waals surface area (Å²) >= 11 is 0. The molecule has 0 amide bonds. The number of methoxy groups -OCH3 is 2. The van der Waals surface area contributed by atoms with Crippen LogP contribution in [0.2, 0.25) is 0 Å². The Bertz CT molecular complexity index is 564. The van der Waals surface area contributed by atoms with Crippen molar-refractivity contribution in [1.29, 1.82) is 0 Å². The Morgan fingerprint density at radius 3 is 2.17 bits per heavy atom. The lowest BCUT2D eigenvalue weighted by Crippen LogP contribution is -1.92. The maximum atomic E-state index is 10.2. The minimum Gasteiger partial charge on any atom is -0.507 e. The van der Waals surface area contributed by atoms with Crippen LogP contribution in [0.25, 0.3) is 11.1 Å². The summed E-state index contributed by atoms with van der Waals surface area (Å²) in [6, 6.07) is 10.1. The molecule has 0 unspecified atom stereocenters. The largest absolute Gasteiger partial charge is 0.507 e. The smallest absolute Gasteiger partial charge is 0.203 e. The van der Waals surface area contributed by atoms with Crippen molar-refractivity contribution in [3.63, 3.8) is 0 Å². The number of phenolic OH excluding ortho intramolecular Hbond substituents is 2. The first-order valence-corrected chi connectivity index (χ1v) is 5.41. The van der Waals surface area contributed by atoms with Crippen LogP contribution in [0.1, 0.15) is 0 Å². The summed E-state index contributed by atoms with van der Waals surface area (Å²) in [5.74, 6) is 0.728. The fourth-order valence-electron chi connectivity index (χ4n) is 1.83. The third-order valence-corrected chi connectivity index (χ3v) is 2.71. The van der Waals surface area contributed by atoms with Gasteiger partial charge in [-0.2, -0.15) is 0 Å². The molecule has 0 aliphatic rings. The Labute approximate surface area is 105 Å². The molecular formula is C14H14O4. The van der Waals surface area contributed by atoms with Gasteiger partial charge in [0.15, 0.2) is 11.5 Å². The van der Waals surface area contributed by atoms with Gasteiger partial charge in [-0.25, -0.2) is 0 Å². The first-order chi connectivity index (χ1) is 8.69. The van der Waals surface area contributed by atoms with Gasteiger partial charge in [-0.3, -0.25) is 0 Å². The van der Waals surface area contributed by atoms with Gasteiger partial charge in [0.05, 0.1) is 14.2 Å². The summed E-state index contributed by atoms with van der Waals surface area (Å²) in [6.45, 7) is 0. The number of phenols is 2. The Hall–Kier alpha value is -2.36. The molecule has 18 heavy (non-hydrogen) atoms. The van der Waals surface area contributed by atoms with Crippen molar-refractivity contribution < 1.29 is 19.7 Å². The van der Waals surface area contributed by atoms with E-state index >= 15 is 0 Å². The van der Waals surface area contributed by atoms with E-state index in [2.05, 4.69) is 0 Å². The van der Waals surface area contributed by atoms with E-state index in [-0.39, 0.29) is 17.2 Å². The summed E-state index contributed by atoms with van der Waals surface area (Å²) in [5.41, 5.74) is 1.03. The predicted octanol–water partition coefficient (Wildman–Crippen LogP) is 2.78. The minimum atomic E-state index is -0.0571. The first kappa shape index (κ1) is 12.1. The van der Waals surface area contributed by atoms with E-state index in [0.717, 1.165) is 0 Å². The molecule has 4 heteroatoms. The molecule has 2 aromatic carbocycles. The summed E-state index contributed by atoms with van der Waals surface area (Å²) in [5, 5.41) is 20.0. The molecule has 2 aromatic rings. The highest BCUT2D eigenvalue weighted by Gasteiger charge is 2.16. The van der Waals surface area contributed by atoms with Gasteiger partial charge in [0.25, 0.3) is 0 Å². The molecule has 0 heterocycles. The van der Waals surface area contributed by atoms with Crippen molar-refractivity contribution in [3.05, 3.63) is 36.4 Å². The van der Waals surface area contributed by atoms with Gasteiger partial charge in [-0.05, 0) is 18.2 Å².